The monoisotopic (exact) mass is 559 g/mol. The van der Waals surface area contributed by atoms with Crippen LogP contribution < -0.4 is 10.6 Å². The van der Waals surface area contributed by atoms with Gasteiger partial charge < -0.3 is 25.5 Å². The first-order valence-electron chi connectivity index (χ1n) is 14.1. The van der Waals surface area contributed by atoms with Gasteiger partial charge in [-0.3, -0.25) is 14.4 Å². The highest BCUT2D eigenvalue weighted by atomic mass is 16.5. The lowest BCUT2D eigenvalue weighted by molar-refractivity contribution is -0.145. The van der Waals surface area contributed by atoms with E-state index in [0.29, 0.717) is 25.7 Å². The number of rotatable bonds is 18. The number of amides is 2. The Labute approximate surface area is 241 Å². The number of H-pyrrole nitrogens is 1. The van der Waals surface area contributed by atoms with Crippen LogP contribution in [0.4, 0.5) is 0 Å². The average molecular weight is 560 g/mol. The fourth-order valence-corrected chi connectivity index (χ4v) is 4.75. The van der Waals surface area contributed by atoms with Gasteiger partial charge in [0.2, 0.25) is 11.8 Å². The second-order valence-corrected chi connectivity index (χ2v) is 10.2. The number of aliphatic hydroxyl groups is 1. The highest BCUT2D eigenvalue weighted by Crippen LogP contribution is 2.20. The zero-order chi connectivity index (χ0) is 29.5. The number of allylic oxidation sites excluding steroid dienone is 2. The number of carbonyl (C=O) groups excluding carboxylic acids is 3. The number of aromatic nitrogens is 1. The number of hydrogen-bond donors (Lipinski definition) is 4. The summed E-state index contributed by atoms with van der Waals surface area (Å²) in [4.78, 5) is 41.9. The van der Waals surface area contributed by atoms with Crippen molar-refractivity contribution in [3.8, 4) is 0 Å². The number of aliphatic hydroxyl groups excluding tert-OH is 1. The van der Waals surface area contributed by atoms with Crippen molar-refractivity contribution < 1.29 is 24.2 Å². The number of esters is 1. The molecule has 0 saturated heterocycles. The molecular weight excluding hydrogens is 518 g/mol. The van der Waals surface area contributed by atoms with Gasteiger partial charge in [-0.15, -0.1) is 13.2 Å². The van der Waals surface area contributed by atoms with Crippen LogP contribution in [0.5, 0.6) is 0 Å². The third-order valence-electron chi connectivity index (χ3n) is 6.89. The molecule has 3 aromatic rings. The molecule has 0 aliphatic carbocycles. The van der Waals surface area contributed by atoms with Crippen LogP contribution >= 0.6 is 0 Å². The smallest absolute Gasteiger partial charge is 0.305 e. The molecule has 1 aromatic heterocycles. The van der Waals surface area contributed by atoms with E-state index in [4.69, 9.17) is 4.74 Å². The molecule has 0 fully saturated rings. The molecule has 3 rings (SSSR count). The van der Waals surface area contributed by atoms with Crippen LogP contribution in [-0.2, 0) is 32.0 Å². The van der Waals surface area contributed by atoms with Gasteiger partial charge in [-0.05, 0) is 49.3 Å². The van der Waals surface area contributed by atoms with Crippen LogP contribution in [-0.4, -0.2) is 53.2 Å². The summed E-state index contributed by atoms with van der Waals surface area (Å²) in [6.45, 7) is 7.22. The normalized spacial score (nSPS) is 13.1. The lowest BCUT2D eigenvalue weighted by Gasteiger charge is -2.23. The fraction of sp³-hybridized carbons (Fsp3) is 0.364. The summed E-state index contributed by atoms with van der Waals surface area (Å²) in [5, 5.41) is 16.7. The summed E-state index contributed by atoms with van der Waals surface area (Å²) in [5.41, 5.74) is 2.95. The van der Waals surface area contributed by atoms with Gasteiger partial charge in [0.05, 0.1) is 24.6 Å². The Balaban J connectivity index is 1.66. The number of hydrogen-bond acceptors (Lipinski definition) is 5. The highest BCUT2D eigenvalue weighted by molar-refractivity contribution is 5.86. The maximum Gasteiger partial charge on any atom is 0.305 e. The van der Waals surface area contributed by atoms with Crippen molar-refractivity contribution in [1.82, 2.24) is 15.6 Å². The first kappa shape index (κ1) is 31.4. The quantitative estimate of drug-likeness (QED) is 0.105. The Morgan fingerprint density at radius 3 is 2.44 bits per heavy atom. The Kier molecular flexibility index (Phi) is 12.9. The van der Waals surface area contributed by atoms with Crippen molar-refractivity contribution in [2.45, 2.75) is 57.0 Å². The minimum Gasteiger partial charge on any atom is -0.463 e. The zero-order valence-corrected chi connectivity index (χ0v) is 23.5. The topological polar surface area (TPSA) is 121 Å². The van der Waals surface area contributed by atoms with E-state index in [-0.39, 0.29) is 43.8 Å². The molecule has 3 atom stereocenters. The molecule has 1 heterocycles. The molecule has 4 N–H and O–H groups in total. The molecular formula is C33H41N3O5. The summed E-state index contributed by atoms with van der Waals surface area (Å²) in [6.07, 6.45) is 8.05. The van der Waals surface area contributed by atoms with Gasteiger partial charge in [0.25, 0.3) is 0 Å². The lowest BCUT2D eigenvalue weighted by Crippen LogP contribution is -2.45. The molecule has 0 radical (unpaired) electrons. The van der Waals surface area contributed by atoms with E-state index < -0.39 is 18.0 Å². The number of fused-ring (bicyclic) bond motifs is 1. The molecule has 0 aliphatic rings. The molecule has 0 spiro atoms. The van der Waals surface area contributed by atoms with Gasteiger partial charge in [-0.25, -0.2) is 0 Å². The Morgan fingerprint density at radius 1 is 0.951 bits per heavy atom. The van der Waals surface area contributed by atoms with Gasteiger partial charge in [0.1, 0.15) is 6.61 Å². The summed E-state index contributed by atoms with van der Waals surface area (Å²) in [7, 11) is 0. The maximum absolute atomic E-state index is 13.4. The molecule has 8 heteroatoms. The summed E-state index contributed by atoms with van der Waals surface area (Å²) < 4.78 is 5.53. The van der Waals surface area contributed by atoms with Crippen LogP contribution in [0, 0.1) is 5.92 Å². The van der Waals surface area contributed by atoms with Crippen LogP contribution in [0.25, 0.3) is 10.9 Å². The molecule has 41 heavy (non-hydrogen) atoms. The number of nitrogens with one attached hydrogen (secondary N) is 3. The third kappa shape index (κ3) is 10.4. The van der Waals surface area contributed by atoms with E-state index >= 15 is 0 Å². The molecule has 2 aromatic carbocycles. The molecule has 0 bridgehead atoms. The third-order valence-corrected chi connectivity index (χ3v) is 6.89. The van der Waals surface area contributed by atoms with Crippen LogP contribution in [0.1, 0.15) is 43.2 Å². The van der Waals surface area contributed by atoms with Crippen molar-refractivity contribution in [3.63, 3.8) is 0 Å². The predicted octanol–water partition coefficient (Wildman–Crippen LogP) is 4.40. The average Bonchev–Trinajstić information content (AvgIpc) is 3.38. The number of aromatic amines is 1. The SMILES string of the molecule is C=CCCCC(=O)OC[C@H](Cc1c[nH]c2ccccc12)NC(=O)[C@@H](CC=C)CC(=O)N[C@@H](CO)Cc1ccccc1. The van der Waals surface area contributed by atoms with Crippen molar-refractivity contribution in [2.75, 3.05) is 13.2 Å². The van der Waals surface area contributed by atoms with Gasteiger partial charge >= 0.3 is 5.97 Å². The molecule has 0 aliphatic heterocycles. The van der Waals surface area contributed by atoms with Crippen molar-refractivity contribution in [3.05, 3.63) is 97.2 Å². The van der Waals surface area contributed by atoms with E-state index in [1.807, 2.05) is 60.8 Å². The van der Waals surface area contributed by atoms with Crippen LogP contribution in [0.3, 0.4) is 0 Å². The molecule has 8 nitrogen and oxygen atoms in total. The summed E-state index contributed by atoms with van der Waals surface area (Å²) >= 11 is 0. The van der Waals surface area contributed by atoms with Gasteiger partial charge in [-0.2, -0.15) is 0 Å². The molecule has 218 valence electrons. The number of benzene rings is 2. The van der Waals surface area contributed by atoms with E-state index in [9.17, 15) is 19.5 Å². The van der Waals surface area contributed by atoms with E-state index in [0.717, 1.165) is 28.5 Å². The Hall–Kier alpha value is -4.17. The van der Waals surface area contributed by atoms with Crippen molar-refractivity contribution in [2.24, 2.45) is 5.92 Å². The standard InChI is InChI=1S/C33H41N3O5/c1-3-5-7-17-32(39)41-23-28(19-26-21-34-30-16-11-10-15-29(26)30)36-33(40)25(12-4-2)20-31(38)35-27(22-37)18-24-13-8-6-9-14-24/h3-4,6,8-11,13-16,21,25,27-28,34,37H,1-2,5,7,12,17-20,22-23H2,(H,35,38)(H,36,40)/t25-,27+,28-/m0/s1. The lowest BCUT2D eigenvalue weighted by atomic mass is 9.97. The van der Waals surface area contributed by atoms with E-state index in [1.165, 1.54) is 0 Å². The number of carbonyl (C=O) groups is 3. The second-order valence-electron chi connectivity index (χ2n) is 10.2. The first-order valence-corrected chi connectivity index (χ1v) is 14.1. The zero-order valence-electron chi connectivity index (χ0n) is 23.5. The first-order chi connectivity index (χ1) is 19.9. The number of unbranched alkanes of at least 4 members (excludes halogenated alkanes) is 1. The predicted molar refractivity (Wildman–Crippen MR) is 161 cm³/mol. The van der Waals surface area contributed by atoms with Crippen molar-refractivity contribution >= 4 is 28.7 Å². The number of para-hydroxylation sites is 1. The van der Waals surface area contributed by atoms with Gasteiger partial charge in [0.15, 0.2) is 0 Å². The van der Waals surface area contributed by atoms with Crippen LogP contribution in [0.2, 0.25) is 0 Å². The summed E-state index contributed by atoms with van der Waals surface area (Å²) in [6, 6.07) is 16.5. The van der Waals surface area contributed by atoms with Crippen molar-refractivity contribution in [1.29, 1.82) is 0 Å². The minimum atomic E-state index is -0.669. The van der Waals surface area contributed by atoms with Crippen LogP contribution in [0.15, 0.2) is 86.1 Å². The summed E-state index contributed by atoms with van der Waals surface area (Å²) in [5.74, 6) is -1.65. The highest BCUT2D eigenvalue weighted by Gasteiger charge is 2.26. The Bertz CT molecular complexity index is 1290. The molecule has 2 amide bonds. The largest absolute Gasteiger partial charge is 0.463 e. The molecule has 0 unspecified atom stereocenters. The van der Waals surface area contributed by atoms with E-state index in [2.05, 4.69) is 28.8 Å². The maximum atomic E-state index is 13.4. The Morgan fingerprint density at radius 2 is 1.71 bits per heavy atom. The second kappa shape index (κ2) is 16.8. The fourth-order valence-electron chi connectivity index (χ4n) is 4.75. The minimum absolute atomic E-state index is 0.00877. The van der Waals surface area contributed by atoms with E-state index in [1.54, 1.807) is 12.2 Å². The van der Waals surface area contributed by atoms with Gasteiger partial charge in [0, 0.05) is 29.9 Å². The number of ether oxygens (including phenoxy) is 1. The van der Waals surface area contributed by atoms with Gasteiger partial charge in [-0.1, -0.05) is 60.7 Å². The molecule has 0 saturated carbocycles.